The molecule has 3 nitrogen and oxygen atoms in total. The minimum Gasteiger partial charge on any atom is -0.406 e. The molecule has 0 bridgehead atoms. The van der Waals surface area contributed by atoms with Crippen molar-refractivity contribution in [2.75, 3.05) is 0 Å². The van der Waals surface area contributed by atoms with E-state index in [-0.39, 0.29) is 5.69 Å². The first-order valence-electron chi connectivity index (χ1n) is 5.14. The van der Waals surface area contributed by atoms with Crippen LogP contribution in [0.25, 0.3) is 5.69 Å². The first-order chi connectivity index (χ1) is 9.17. The molecule has 1 aromatic carbocycles. The van der Waals surface area contributed by atoms with Gasteiger partial charge in [-0.25, -0.2) is 4.68 Å². The van der Waals surface area contributed by atoms with Crippen molar-refractivity contribution < 1.29 is 31.1 Å². The third-order valence-corrected chi connectivity index (χ3v) is 2.25. The number of hydrogen-bond acceptors (Lipinski definition) is 2. The highest BCUT2D eigenvalue weighted by Crippen LogP contribution is 2.31. The van der Waals surface area contributed by atoms with Crippen LogP contribution in [0.4, 0.5) is 26.3 Å². The van der Waals surface area contributed by atoms with E-state index >= 15 is 0 Å². The molecule has 0 aliphatic heterocycles. The van der Waals surface area contributed by atoms with Crippen molar-refractivity contribution in [3.8, 4) is 11.4 Å². The van der Waals surface area contributed by atoms with Crippen molar-refractivity contribution >= 4 is 0 Å². The fraction of sp³-hybridized carbons (Fsp3) is 0.182. The highest BCUT2D eigenvalue weighted by atomic mass is 19.4. The summed E-state index contributed by atoms with van der Waals surface area (Å²) < 4.78 is 77.9. The van der Waals surface area contributed by atoms with Gasteiger partial charge >= 0.3 is 12.5 Å². The lowest BCUT2D eigenvalue weighted by Gasteiger charge is -2.12. The van der Waals surface area contributed by atoms with Crippen LogP contribution >= 0.6 is 0 Å². The van der Waals surface area contributed by atoms with Crippen LogP contribution in [0, 0.1) is 0 Å². The number of benzene rings is 1. The van der Waals surface area contributed by atoms with Gasteiger partial charge in [0.2, 0.25) is 0 Å². The Morgan fingerprint density at radius 3 is 2.00 bits per heavy atom. The van der Waals surface area contributed by atoms with Crippen molar-refractivity contribution in [2.24, 2.45) is 0 Å². The maximum atomic E-state index is 12.6. The molecule has 0 saturated carbocycles. The largest absolute Gasteiger partial charge is 0.573 e. The van der Waals surface area contributed by atoms with Gasteiger partial charge in [0.25, 0.3) is 0 Å². The maximum absolute atomic E-state index is 12.6. The molecular formula is C11H6F6N2O. The van der Waals surface area contributed by atoms with Gasteiger partial charge in [-0.3, -0.25) is 0 Å². The zero-order chi connectivity index (χ0) is 15.0. The van der Waals surface area contributed by atoms with Gasteiger partial charge < -0.3 is 4.74 Å². The molecule has 0 N–H and O–H groups in total. The fourth-order valence-electron chi connectivity index (χ4n) is 1.51. The van der Waals surface area contributed by atoms with Crippen LogP contribution < -0.4 is 4.74 Å². The molecule has 0 unspecified atom stereocenters. The number of alkyl halides is 6. The van der Waals surface area contributed by atoms with E-state index in [9.17, 15) is 26.3 Å². The number of nitrogens with zero attached hydrogens (tertiary/aromatic N) is 2. The lowest BCUT2D eigenvalue weighted by Crippen LogP contribution is -2.17. The van der Waals surface area contributed by atoms with Gasteiger partial charge in [-0.2, -0.15) is 18.3 Å². The fourth-order valence-corrected chi connectivity index (χ4v) is 1.51. The third-order valence-electron chi connectivity index (χ3n) is 2.25. The Kier molecular flexibility index (Phi) is 3.36. The SMILES string of the molecule is FC(F)(F)Oc1ccc(-n2nccc2C(F)(F)F)cc1. The average Bonchev–Trinajstić information content (AvgIpc) is 2.76. The van der Waals surface area contributed by atoms with E-state index in [1.807, 2.05) is 0 Å². The van der Waals surface area contributed by atoms with Gasteiger partial charge in [-0.05, 0) is 30.3 Å². The van der Waals surface area contributed by atoms with Crippen molar-refractivity contribution in [3.05, 3.63) is 42.2 Å². The van der Waals surface area contributed by atoms with E-state index in [1.54, 1.807) is 0 Å². The Balaban J connectivity index is 2.30. The summed E-state index contributed by atoms with van der Waals surface area (Å²) in [6.45, 7) is 0. The smallest absolute Gasteiger partial charge is 0.406 e. The molecule has 0 saturated heterocycles. The Hall–Kier alpha value is -2.19. The van der Waals surface area contributed by atoms with Crippen LogP contribution in [0.5, 0.6) is 5.75 Å². The molecule has 2 rings (SSSR count). The summed E-state index contributed by atoms with van der Waals surface area (Å²) in [6, 6.07) is 4.67. The Morgan fingerprint density at radius 1 is 0.900 bits per heavy atom. The second kappa shape index (κ2) is 4.73. The highest BCUT2D eigenvalue weighted by Gasteiger charge is 2.35. The average molecular weight is 296 g/mol. The third kappa shape index (κ3) is 3.22. The van der Waals surface area contributed by atoms with Crippen molar-refractivity contribution in [2.45, 2.75) is 12.5 Å². The summed E-state index contributed by atoms with van der Waals surface area (Å²) in [7, 11) is 0. The van der Waals surface area contributed by atoms with Gasteiger partial charge in [0, 0.05) is 0 Å². The number of hydrogen-bond donors (Lipinski definition) is 0. The molecule has 0 amide bonds. The number of ether oxygens (including phenoxy) is 1. The van der Waals surface area contributed by atoms with Crippen LogP contribution in [-0.4, -0.2) is 16.1 Å². The molecule has 1 aromatic heterocycles. The summed E-state index contributed by atoms with van der Waals surface area (Å²) in [6.07, 6.45) is -8.52. The predicted molar refractivity (Wildman–Crippen MR) is 55.2 cm³/mol. The first-order valence-corrected chi connectivity index (χ1v) is 5.14. The molecule has 108 valence electrons. The van der Waals surface area contributed by atoms with Crippen molar-refractivity contribution in [1.82, 2.24) is 9.78 Å². The summed E-state index contributed by atoms with van der Waals surface area (Å²) in [5, 5.41) is 3.49. The minimum absolute atomic E-state index is 0.0307. The highest BCUT2D eigenvalue weighted by molar-refractivity contribution is 5.38. The number of halogens is 6. The molecular weight excluding hydrogens is 290 g/mol. The molecule has 0 radical (unpaired) electrons. The molecule has 2 aromatic rings. The second-order valence-corrected chi connectivity index (χ2v) is 3.67. The Morgan fingerprint density at radius 2 is 1.50 bits per heavy atom. The van der Waals surface area contributed by atoms with Gasteiger partial charge in [0.1, 0.15) is 11.4 Å². The minimum atomic E-state index is -4.86. The van der Waals surface area contributed by atoms with E-state index in [4.69, 9.17) is 0 Å². The summed E-state index contributed by atoms with van der Waals surface area (Å²) in [4.78, 5) is 0. The summed E-state index contributed by atoms with van der Waals surface area (Å²) >= 11 is 0. The van der Waals surface area contributed by atoms with Crippen LogP contribution in [0.2, 0.25) is 0 Å². The Bertz CT molecular complexity index is 584. The first kappa shape index (κ1) is 14.2. The lowest BCUT2D eigenvalue weighted by atomic mass is 10.3. The van der Waals surface area contributed by atoms with Gasteiger partial charge in [-0.15, -0.1) is 13.2 Å². The van der Waals surface area contributed by atoms with E-state index in [0.29, 0.717) is 4.68 Å². The molecule has 0 atom stereocenters. The van der Waals surface area contributed by atoms with E-state index < -0.39 is 24.0 Å². The lowest BCUT2D eigenvalue weighted by molar-refractivity contribution is -0.274. The summed E-state index contributed by atoms with van der Waals surface area (Å²) in [5.41, 5.74) is -1.06. The maximum Gasteiger partial charge on any atom is 0.573 e. The summed E-state index contributed by atoms with van der Waals surface area (Å²) in [5.74, 6) is -0.526. The molecule has 0 spiro atoms. The molecule has 0 fully saturated rings. The number of aromatic nitrogens is 2. The van der Waals surface area contributed by atoms with E-state index in [1.165, 1.54) is 0 Å². The normalized spacial score (nSPS) is 12.5. The molecule has 1 heterocycles. The van der Waals surface area contributed by atoms with Gasteiger partial charge in [0.15, 0.2) is 0 Å². The molecule has 0 aliphatic carbocycles. The quantitative estimate of drug-likeness (QED) is 0.788. The van der Waals surface area contributed by atoms with Crippen molar-refractivity contribution in [3.63, 3.8) is 0 Å². The van der Waals surface area contributed by atoms with E-state index in [2.05, 4.69) is 9.84 Å². The van der Waals surface area contributed by atoms with Crippen LogP contribution in [0.1, 0.15) is 5.69 Å². The van der Waals surface area contributed by atoms with Crippen LogP contribution in [0.15, 0.2) is 36.5 Å². The van der Waals surface area contributed by atoms with Gasteiger partial charge in [-0.1, -0.05) is 0 Å². The topological polar surface area (TPSA) is 27.1 Å². The monoisotopic (exact) mass is 296 g/mol. The molecule has 20 heavy (non-hydrogen) atoms. The molecule has 0 aliphatic rings. The number of rotatable bonds is 2. The standard InChI is InChI=1S/C11H6F6N2O/c12-10(13,14)9-5-6-18-19(9)7-1-3-8(4-2-7)20-11(15,16)17/h1-6H. The second-order valence-electron chi connectivity index (χ2n) is 3.67. The van der Waals surface area contributed by atoms with Crippen LogP contribution in [-0.2, 0) is 6.18 Å². The zero-order valence-electron chi connectivity index (χ0n) is 9.53. The van der Waals surface area contributed by atoms with Crippen molar-refractivity contribution in [1.29, 1.82) is 0 Å². The Labute approximate surface area is 108 Å². The van der Waals surface area contributed by atoms with Crippen LogP contribution in [0.3, 0.4) is 0 Å². The molecule has 9 heteroatoms. The van der Waals surface area contributed by atoms with E-state index in [0.717, 1.165) is 36.5 Å². The predicted octanol–water partition coefficient (Wildman–Crippen LogP) is 3.79. The van der Waals surface area contributed by atoms with Gasteiger partial charge in [0.05, 0.1) is 11.9 Å². The zero-order valence-corrected chi connectivity index (χ0v) is 9.53.